The SMILES string of the molecule is CCCCCCCC.CCCCCCCC.CCCCS(=N)(CCCC)(CCCC)c1ccnc(C#N)c1.CCC[CH2][Sn].CCC[CH2][Sn].N#Cc1cc(I)ccn1. The zero-order chi connectivity index (χ0) is 43.9. The van der Waals surface area contributed by atoms with Crippen molar-refractivity contribution < 1.29 is 0 Å². The molecule has 2 aromatic rings. The van der Waals surface area contributed by atoms with E-state index in [0.717, 1.165) is 64.2 Å². The van der Waals surface area contributed by atoms with Crippen LogP contribution in [-0.2, 0) is 8.96 Å². The third kappa shape index (κ3) is 39.6. The van der Waals surface area contributed by atoms with Gasteiger partial charge in [0, 0.05) is 20.9 Å². The average Bonchev–Trinajstić information content (AvgIpc) is 3.24. The summed E-state index contributed by atoms with van der Waals surface area (Å²) in [4.78, 5) is 9.00. The molecule has 2 aromatic heterocycles. The van der Waals surface area contributed by atoms with Crippen LogP contribution in [0.5, 0.6) is 0 Å². The van der Waals surface area contributed by atoms with Crippen LogP contribution in [0, 0.1) is 31.0 Å². The van der Waals surface area contributed by atoms with Crippen LogP contribution >= 0.6 is 22.6 Å². The Kier molecular flexibility index (Phi) is 53.9. The molecule has 0 unspecified atom stereocenters. The molecule has 5 nitrogen and oxygen atoms in total. The summed E-state index contributed by atoms with van der Waals surface area (Å²) >= 11 is 5.51. The van der Waals surface area contributed by atoms with Crippen molar-refractivity contribution >= 4 is 76.6 Å². The van der Waals surface area contributed by atoms with Gasteiger partial charge in [-0.25, -0.2) is 9.97 Å². The second kappa shape index (κ2) is 48.4. The van der Waals surface area contributed by atoms with Crippen LogP contribution in [0.2, 0.25) is 8.87 Å². The number of halogens is 1. The van der Waals surface area contributed by atoms with Gasteiger partial charge in [-0.2, -0.15) is 19.5 Å². The quantitative estimate of drug-likeness (QED) is 0.0643. The third-order valence-electron chi connectivity index (χ3n) is 9.25. The van der Waals surface area contributed by atoms with Crippen molar-refractivity contribution in [3.8, 4) is 12.1 Å². The van der Waals surface area contributed by atoms with E-state index in [4.69, 9.17) is 5.26 Å². The molecule has 0 fully saturated rings. The van der Waals surface area contributed by atoms with Gasteiger partial charge in [-0.05, 0) is 83.4 Å². The first-order valence-electron chi connectivity index (χ1n) is 22.8. The Hall–Kier alpha value is -0.243. The Morgan fingerprint density at radius 1 is 0.509 bits per heavy atom. The summed E-state index contributed by atoms with van der Waals surface area (Å²) in [7, 11) is -2.42. The minimum absolute atomic E-state index is 0.456. The number of rotatable bonds is 24. The van der Waals surface area contributed by atoms with Gasteiger partial charge in [-0.15, -0.1) is 0 Å². The van der Waals surface area contributed by atoms with Gasteiger partial charge >= 0.3 is 93.5 Å². The predicted molar refractivity (Wildman–Crippen MR) is 267 cm³/mol. The Bertz CT molecular complexity index is 1210. The van der Waals surface area contributed by atoms with E-state index in [1.807, 2.05) is 24.3 Å². The van der Waals surface area contributed by atoms with Crippen LogP contribution in [-0.4, -0.2) is 72.3 Å². The van der Waals surface area contributed by atoms with E-state index in [1.165, 1.54) is 112 Å². The van der Waals surface area contributed by atoms with Crippen LogP contribution in [0.1, 0.15) is 215 Å². The van der Waals surface area contributed by atoms with Crippen molar-refractivity contribution in [2.24, 2.45) is 0 Å². The number of unbranched alkanes of at least 4 members (excludes halogenated alkanes) is 15. The first kappa shape index (κ1) is 63.4. The summed E-state index contributed by atoms with van der Waals surface area (Å²) in [6.07, 6.45) is 32.6. The first-order chi connectivity index (χ1) is 27.5. The fourth-order valence-electron chi connectivity index (χ4n) is 5.47. The van der Waals surface area contributed by atoms with Crippen LogP contribution in [0.3, 0.4) is 0 Å². The normalized spacial score (nSPS) is 10.7. The molecule has 0 bridgehead atoms. The summed E-state index contributed by atoms with van der Waals surface area (Å²) in [5.41, 5.74) is 0.930. The molecule has 0 spiro atoms. The molecule has 326 valence electrons. The monoisotopic (exact) mass is 1130 g/mol. The van der Waals surface area contributed by atoms with Gasteiger partial charge in [0.15, 0.2) is 0 Å². The Balaban J connectivity index is -0.000000333. The van der Waals surface area contributed by atoms with Crippen LogP contribution < -0.4 is 0 Å². The van der Waals surface area contributed by atoms with Crippen LogP contribution in [0.4, 0.5) is 0 Å². The maximum absolute atomic E-state index is 9.66. The van der Waals surface area contributed by atoms with Gasteiger partial charge < -0.3 is 0 Å². The van der Waals surface area contributed by atoms with Gasteiger partial charge in [0.05, 0.1) is 0 Å². The molecule has 2 rings (SSSR count). The third-order valence-corrected chi connectivity index (χ3v) is 17.2. The number of nitriles is 2. The van der Waals surface area contributed by atoms with Gasteiger partial charge in [0.2, 0.25) is 0 Å². The second-order valence-corrected chi connectivity index (χ2v) is 23.7. The number of nitrogens with one attached hydrogen (secondary N) is 1. The fraction of sp³-hybridized carbons (Fsp3) is 0.750. The maximum Gasteiger partial charge on any atom is 0.141 e. The molecular weight excluding hydrogens is 1040 g/mol. The van der Waals surface area contributed by atoms with Crippen molar-refractivity contribution in [2.75, 3.05) is 17.3 Å². The number of aromatic nitrogens is 2. The molecule has 1 N–H and O–H groups in total. The summed E-state index contributed by atoms with van der Waals surface area (Å²) in [5.74, 6) is 2.92. The molecule has 57 heavy (non-hydrogen) atoms. The van der Waals surface area contributed by atoms with Crippen molar-refractivity contribution in [2.45, 2.75) is 217 Å². The van der Waals surface area contributed by atoms with E-state index in [1.54, 1.807) is 63.5 Å². The Morgan fingerprint density at radius 3 is 1.07 bits per heavy atom. The molecule has 9 heteroatoms. The Morgan fingerprint density at radius 2 is 0.825 bits per heavy atom. The van der Waals surface area contributed by atoms with E-state index in [0.29, 0.717) is 11.4 Å². The molecule has 0 aliphatic heterocycles. The smallest absolute Gasteiger partial charge is 0.141 e. The number of nitrogens with zero attached hydrogens (tertiary/aromatic N) is 4. The summed E-state index contributed by atoms with van der Waals surface area (Å²) in [5, 5.41) is 17.5. The largest absolute Gasteiger partial charge is 0.245 e. The fourth-order valence-corrected chi connectivity index (χ4v) is 13.1. The van der Waals surface area contributed by atoms with Gasteiger partial charge in [0.25, 0.3) is 0 Å². The van der Waals surface area contributed by atoms with E-state index >= 15 is 0 Å². The maximum atomic E-state index is 9.66. The molecule has 0 atom stereocenters. The molecule has 0 aliphatic rings. The molecular formula is C48H88IN5SSn2. The van der Waals surface area contributed by atoms with Crippen LogP contribution in [0.15, 0.2) is 41.6 Å². The van der Waals surface area contributed by atoms with E-state index in [9.17, 15) is 10.0 Å². The first-order valence-corrected chi connectivity index (χ1v) is 30.5. The molecule has 2 heterocycles. The van der Waals surface area contributed by atoms with Gasteiger partial charge in [-0.3, -0.25) is 4.78 Å². The van der Waals surface area contributed by atoms with E-state index < -0.39 is 8.96 Å². The van der Waals surface area contributed by atoms with E-state index in [2.05, 4.69) is 101 Å². The van der Waals surface area contributed by atoms with E-state index in [-0.39, 0.29) is 0 Å². The zero-order valence-corrected chi connectivity index (χ0v) is 47.3. The van der Waals surface area contributed by atoms with Crippen molar-refractivity contribution in [1.82, 2.24) is 9.97 Å². The summed E-state index contributed by atoms with van der Waals surface area (Å²) in [6.45, 7) is 20.1. The molecule has 0 aliphatic carbocycles. The standard InChI is InChI=1S/C18H31N3S.2C8H18.C6H3IN2.2C4H9.2Sn/c1-4-7-12-22(20,13-8-5-2,14-9-6-3)18-10-11-21-17(15-18)16-19;2*1-3-5-7-8-6-4-2;7-5-1-2-9-6(3-5)4-8;2*1-3-4-2;;/h10-11,15,20H,4-9,12-14H2,1-3H3;2*3-8H2,1-2H3;1-3H;2*1,3-4H2,2H3;;. The van der Waals surface area contributed by atoms with Gasteiger partial charge in [-0.1, -0.05) is 145 Å². The second-order valence-electron chi connectivity index (χ2n) is 14.7. The number of pyridine rings is 2. The molecule has 6 radical (unpaired) electrons. The minimum Gasteiger partial charge on any atom is -0.245 e. The number of hydrogen-bond acceptors (Lipinski definition) is 5. The number of hydrogen-bond donors (Lipinski definition) is 1. The zero-order valence-electron chi connectivity index (χ0n) is 38.6. The minimum atomic E-state index is -2.42. The van der Waals surface area contributed by atoms with Gasteiger partial charge in [0.1, 0.15) is 23.5 Å². The van der Waals surface area contributed by atoms with Crippen molar-refractivity contribution in [1.29, 1.82) is 15.3 Å². The molecule has 0 aromatic carbocycles. The molecule has 0 amide bonds. The summed E-state index contributed by atoms with van der Waals surface area (Å²) < 4.78 is 13.6. The summed E-state index contributed by atoms with van der Waals surface area (Å²) in [6, 6.07) is 11.6. The Labute approximate surface area is 396 Å². The predicted octanol–water partition coefficient (Wildman–Crippen LogP) is 16.2. The van der Waals surface area contributed by atoms with Crippen molar-refractivity contribution in [3.63, 3.8) is 0 Å². The average molecular weight is 1130 g/mol. The molecule has 0 saturated heterocycles. The van der Waals surface area contributed by atoms with Crippen molar-refractivity contribution in [3.05, 3.63) is 51.6 Å². The molecule has 0 saturated carbocycles. The van der Waals surface area contributed by atoms with Crippen LogP contribution in [0.25, 0.3) is 0 Å². The topological polar surface area (TPSA) is 97.2 Å².